The van der Waals surface area contributed by atoms with Crippen molar-refractivity contribution in [3.05, 3.63) is 75.9 Å². The second-order valence-electron chi connectivity index (χ2n) is 5.48. The standard InChI is InChI=1S/C18H14BrN3OS/c19-13-6-4-5-12(9-13)18(23)20-17-15-10-24-11-16(15)21-22(17)14-7-2-1-3-8-14/h1-9H,10-11H2,(H,20,23). The zero-order valence-corrected chi connectivity index (χ0v) is 15.1. The fourth-order valence-corrected chi connectivity index (χ4v) is 4.14. The smallest absolute Gasteiger partial charge is 0.256 e. The molecule has 120 valence electrons. The minimum Gasteiger partial charge on any atom is -0.306 e. The number of nitrogens with one attached hydrogen (secondary N) is 1. The molecule has 1 aromatic heterocycles. The van der Waals surface area contributed by atoms with Gasteiger partial charge in [0, 0.05) is 27.1 Å². The summed E-state index contributed by atoms with van der Waals surface area (Å²) in [7, 11) is 0. The number of carbonyl (C=O) groups is 1. The van der Waals surface area contributed by atoms with Crippen LogP contribution in [0.3, 0.4) is 0 Å². The van der Waals surface area contributed by atoms with Gasteiger partial charge in [-0.3, -0.25) is 4.79 Å². The van der Waals surface area contributed by atoms with E-state index in [1.165, 1.54) is 0 Å². The molecule has 1 N–H and O–H groups in total. The largest absolute Gasteiger partial charge is 0.306 e. The third-order valence-corrected chi connectivity index (χ3v) is 5.34. The molecule has 1 aliphatic heterocycles. The first-order valence-electron chi connectivity index (χ1n) is 7.53. The quantitative estimate of drug-likeness (QED) is 0.697. The summed E-state index contributed by atoms with van der Waals surface area (Å²) in [6, 6.07) is 17.3. The van der Waals surface area contributed by atoms with Crippen molar-refractivity contribution in [2.24, 2.45) is 0 Å². The zero-order valence-electron chi connectivity index (χ0n) is 12.7. The molecule has 0 saturated heterocycles. The predicted octanol–water partition coefficient (Wildman–Crippen LogP) is 4.63. The number of benzene rings is 2. The first-order valence-corrected chi connectivity index (χ1v) is 9.48. The van der Waals surface area contributed by atoms with Crippen molar-refractivity contribution in [3.8, 4) is 5.69 Å². The molecule has 2 aromatic carbocycles. The molecule has 0 saturated carbocycles. The molecule has 4 rings (SSSR count). The lowest BCUT2D eigenvalue weighted by Gasteiger charge is -2.11. The molecular weight excluding hydrogens is 386 g/mol. The number of carbonyl (C=O) groups excluding carboxylic acids is 1. The number of rotatable bonds is 3. The minimum absolute atomic E-state index is 0.131. The van der Waals surface area contributed by atoms with Crippen molar-refractivity contribution >= 4 is 39.4 Å². The van der Waals surface area contributed by atoms with E-state index in [1.807, 2.05) is 65.0 Å². The first-order chi connectivity index (χ1) is 11.7. The van der Waals surface area contributed by atoms with E-state index in [0.717, 1.165) is 38.7 Å². The molecule has 1 aliphatic rings. The summed E-state index contributed by atoms with van der Waals surface area (Å²) in [5.74, 6) is 2.39. The van der Waals surface area contributed by atoms with E-state index < -0.39 is 0 Å². The normalized spacial score (nSPS) is 12.9. The van der Waals surface area contributed by atoms with Gasteiger partial charge in [-0.1, -0.05) is 40.2 Å². The van der Waals surface area contributed by atoms with Crippen molar-refractivity contribution in [3.63, 3.8) is 0 Å². The molecule has 0 aliphatic carbocycles. The Labute approximate surface area is 152 Å². The molecule has 24 heavy (non-hydrogen) atoms. The average molecular weight is 400 g/mol. The number of anilines is 1. The maximum atomic E-state index is 12.7. The topological polar surface area (TPSA) is 46.9 Å². The summed E-state index contributed by atoms with van der Waals surface area (Å²) >= 11 is 5.23. The van der Waals surface area contributed by atoms with Crippen LogP contribution >= 0.6 is 27.7 Å². The van der Waals surface area contributed by atoms with Crippen molar-refractivity contribution < 1.29 is 4.79 Å². The van der Waals surface area contributed by atoms with Crippen LogP contribution < -0.4 is 5.32 Å². The zero-order chi connectivity index (χ0) is 16.5. The Hall–Kier alpha value is -2.05. The van der Waals surface area contributed by atoms with E-state index in [0.29, 0.717) is 5.56 Å². The van der Waals surface area contributed by atoms with Crippen LogP contribution in [0.1, 0.15) is 21.6 Å². The molecule has 6 heteroatoms. The predicted molar refractivity (Wildman–Crippen MR) is 101 cm³/mol. The highest BCUT2D eigenvalue weighted by atomic mass is 79.9. The lowest BCUT2D eigenvalue weighted by Crippen LogP contribution is -2.16. The summed E-state index contributed by atoms with van der Waals surface area (Å²) < 4.78 is 2.72. The van der Waals surface area contributed by atoms with E-state index in [1.54, 1.807) is 6.07 Å². The van der Waals surface area contributed by atoms with Crippen molar-refractivity contribution in [1.29, 1.82) is 0 Å². The highest BCUT2D eigenvalue weighted by Gasteiger charge is 2.24. The SMILES string of the molecule is O=C(Nc1c2c(nn1-c1ccccc1)CSC2)c1cccc(Br)c1. The molecule has 0 unspecified atom stereocenters. The van der Waals surface area contributed by atoms with Crippen molar-refractivity contribution in [1.82, 2.24) is 9.78 Å². The Morgan fingerprint density at radius 2 is 1.96 bits per heavy atom. The van der Waals surface area contributed by atoms with E-state index in [9.17, 15) is 4.79 Å². The molecule has 2 heterocycles. The number of para-hydroxylation sites is 1. The van der Waals surface area contributed by atoms with Crippen LogP contribution in [-0.2, 0) is 11.5 Å². The van der Waals surface area contributed by atoms with E-state index in [-0.39, 0.29) is 5.91 Å². The summed E-state index contributed by atoms with van der Waals surface area (Å²) in [5, 5.41) is 7.76. The Morgan fingerprint density at radius 3 is 2.75 bits per heavy atom. The second kappa shape index (κ2) is 6.45. The summed E-state index contributed by atoms with van der Waals surface area (Å²) in [5.41, 5.74) is 3.73. The van der Waals surface area contributed by atoms with Gasteiger partial charge < -0.3 is 5.32 Å². The van der Waals surface area contributed by atoms with Crippen LogP contribution in [0, 0.1) is 0 Å². The molecule has 1 amide bonds. The lowest BCUT2D eigenvalue weighted by atomic mass is 10.2. The fourth-order valence-electron chi connectivity index (χ4n) is 2.71. The summed E-state index contributed by atoms with van der Waals surface area (Å²) in [6.07, 6.45) is 0. The summed E-state index contributed by atoms with van der Waals surface area (Å²) in [4.78, 5) is 12.7. The van der Waals surface area contributed by atoms with Gasteiger partial charge >= 0.3 is 0 Å². The molecule has 0 bridgehead atoms. The lowest BCUT2D eigenvalue weighted by molar-refractivity contribution is 0.102. The van der Waals surface area contributed by atoms with Crippen LogP contribution in [0.15, 0.2) is 59.1 Å². The summed E-state index contributed by atoms with van der Waals surface area (Å²) in [6.45, 7) is 0. The van der Waals surface area contributed by atoms with Gasteiger partial charge in [0.05, 0.1) is 11.4 Å². The van der Waals surface area contributed by atoms with Gasteiger partial charge in [0.15, 0.2) is 0 Å². The molecule has 0 atom stereocenters. The van der Waals surface area contributed by atoms with E-state index in [4.69, 9.17) is 5.10 Å². The Morgan fingerprint density at radius 1 is 1.12 bits per heavy atom. The molecule has 0 spiro atoms. The number of thioether (sulfide) groups is 1. The van der Waals surface area contributed by atoms with E-state index >= 15 is 0 Å². The average Bonchev–Trinajstić information content (AvgIpc) is 3.18. The third-order valence-electron chi connectivity index (χ3n) is 3.87. The highest BCUT2D eigenvalue weighted by molar-refractivity contribution is 9.10. The minimum atomic E-state index is -0.131. The Balaban J connectivity index is 1.73. The van der Waals surface area contributed by atoms with Gasteiger partial charge in [-0.2, -0.15) is 16.9 Å². The van der Waals surface area contributed by atoms with Crippen LogP contribution in [0.4, 0.5) is 5.82 Å². The maximum absolute atomic E-state index is 12.7. The number of hydrogen-bond donors (Lipinski definition) is 1. The maximum Gasteiger partial charge on any atom is 0.256 e. The van der Waals surface area contributed by atoms with Gasteiger partial charge in [0.25, 0.3) is 5.91 Å². The molecule has 3 aromatic rings. The van der Waals surface area contributed by atoms with Gasteiger partial charge in [-0.25, -0.2) is 4.68 Å². The first kappa shape index (κ1) is 15.5. The van der Waals surface area contributed by atoms with Gasteiger partial charge in [0.1, 0.15) is 5.82 Å². The second-order valence-corrected chi connectivity index (χ2v) is 7.38. The fraction of sp³-hybridized carbons (Fsp3) is 0.111. The van der Waals surface area contributed by atoms with Crippen molar-refractivity contribution in [2.75, 3.05) is 5.32 Å². The number of halogens is 1. The van der Waals surface area contributed by atoms with Crippen LogP contribution in [-0.4, -0.2) is 15.7 Å². The number of nitrogens with zero attached hydrogens (tertiary/aromatic N) is 2. The molecule has 0 radical (unpaired) electrons. The third kappa shape index (κ3) is 2.87. The van der Waals surface area contributed by atoms with Crippen LogP contribution in [0.2, 0.25) is 0 Å². The monoisotopic (exact) mass is 399 g/mol. The number of amides is 1. The van der Waals surface area contributed by atoms with Gasteiger partial charge in [-0.15, -0.1) is 0 Å². The van der Waals surface area contributed by atoms with Crippen LogP contribution in [0.5, 0.6) is 0 Å². The number of fused-ring (bicyclic) bond motifs is 1. The molecule has 0 fully saturated rings. The van der Waals surface area contributed by atoms with Gasteiger partial charge in [0.2, 0.25) is 0 Å². The van der Waals surface area contributed by atoms with E-state index in [2.05, 4.69) is 21.2 Å². The molecule has 4 nitrogen and oxygen atoms in total. The van der Waals surface area contributed by atoms with Gasteiger partial charge in [-0.05, 0) is 30.3 Å². The Kier molecular flexibility index (Phi) is 4.16. The molecular formula is C18H14BrN3OS. The number of aromatic nitrogens is 2. The Bertz CT molecular complexity index is 908. The van der Waals surface area contributed by atoms with Crippen molar-refractivity contribution in [2.45, 2.75) is 11.5 Å². The van der Waals surface area contributed by atoms with Crippen LogP contribution in [0.25, 0.3) is 5.69 Å². The number of hydrogen-bond acceptors (Lipinski definition) is 3. The highest BCUT2D eigenvalue weighted by Crippen LogP contribution is 2.36.